The maximum atomic E-state index is 13.3. The Hall–Kier alpha value is -3.28. The predicted octanol–water partition coefficient (Wildman–Crippen LogP) is 5.15. The first kappa shape index (κ1) is 19.5. The summed E-state index contributed by atoms with van der Waals surface area (Å²) in [5.74, 6) is -1.54. The SMILES string of the molecule is CC(C)N(Cc1ccccc1)C(=O)c1ccc(Nc2ccc(F)c(F)c2)nc1. The van der Waals surface area contributed by atoms with Crippen molar-refractivity contribution in [2.45, 2.75) is 26.4 Å². The van der Waals surface area contributed by atoms with Crippen molar-refractivity contribution >= 4 is 17.4 Å². The summed E-state index contributed by atoms with van der Waals surface area (Å²) in [5, 5.41) is 2.89. The molecule has 0 bridgehead atoms. The number of carbonyl (C=O) groups excluding carboxylic acids is 1. The second kappa shape index (κ2) is 8.61. The number of nitrogens with zero attached hydrogens (tertiary/aromatic N) is 2. The molecule has 3 aromatic rings. The van der Waals surface area contributed by atoms with Gasteiger partial charge in [0.15, 0.2) is 11.6 Å². The van der Waals surface area contributed by atoms with Gasteiger partial charge in [-0.3, -0.25) is 4.79 Å². The van der Waals surface area contributed by atoms with Crippen LogP contribution in [0.2, 0.25) is 0 Å². The van der Waals surface area contributed by atoms with E-state index in [1.165, 1.54) is 12.3 Å². The molecule has 2 aromatic carbocycles. The maximum Gasteiger partial charge on any atom is 0.255 e. The highest BCUT2D eigenvalue weighted by molar-refractivity contribution is 5.94. The Morgan fingerprint density at radius 2 is 1.79 bits per heavy atom. The number of nitrogens with one attached hydrogen (secondary N) is 1. The molecule has 28 heavy (non-hydrogen) atoms. The van der Waals surface area contributed by atoms with Gasteiger partial charge in [-0.25, -0.2) is 13.8 Å². The molecule has 0 saturated heterocycles. The molecule has 0 aliphatic rings. The molecule has 4 nitrogen and oxygen atoms in total. The van der Waals surface area contributed by atoms with Crippen LogP contribution in [-0.2, 0) is 6.54 Å². The van der Waals surface area contributed by atoms with Crippen molar-refractivity contribution < 1.29 is 13.6 Å². The molecule has 1 N–H and O–H groups in total. The van der Waals surface area contributed by atoms with E-state index >= 15 is 0 Å². The van der Waals surface area contributed by atoms with Gasteiger partial charge >= 0.3 is 0 Å². The van der Waals surface area contributed by atoms with Gasteiger partial charge in [0.2, 0.25) is 0 Å². The third kappa shape index (κ3) is 4.71. The summed E-state index contributed by atoms with van der Waals surface area (Å²) in [6.07, 6.45) is 1.48. The van der Waals surface area contributed by atoms with Crippen molar-refractivity contribution in [2.24, 2.45) is 0 Å². The number of anilines is 2. The number of carbonyl (C=O) groups is 1. The van der Waals surface area contributed by atoms with Crippen LogP contribution in [0.5, 0.6) is 0 Å². The fraction of sp³-hybridized carbons (Fsp3) is 0.182. The number of halogens is 2. The van der Waals surface area contributed by atoms with Gasteiger partial charge in [0.25, 0.3) is 5.91 Å². The van der Waals surface area contributed by atoms with Gasteiger partial charge in [0, 0.05) is 30.5 Å². The number of aromatic nitrogens is 1. The number of hydrogen-bond acceptors (Lipinski definition) is 3. The molecule has 0 radical (unpaired) electrons. The summed E-state index contributed by atoms with van der Waals surface area (Å²) >= 11 is 0. The molecule has 144 valence electrons. The zero-order chi connectivity index (χ0) is 20.1. The fourth-order valence-electron chi connectivity index (χ4n) is 2.75. The zero-order valence-corrected chi connectivity index (χ0v) is 15.7. The van der Waals surface area contributed by atoms with Crippen molar-refractivity contribution in [3.8, 4) is 0 Å². The number of benzene rings is 2. The number of rotatable bonds is 6. The average molecular weight is 381 g/mol. The smallest absolute Gasteiger partial charge is 0.255 e. The van der Waals surface area contributed by atoms with Crippen molar-refractivity contribution in [2.75, 3.05) is 5.32 Å². The van der Waals surface area contributed by atoms with Crippen LogP contribution in [0.1, 0.15) is 29.8 Å². The largest absolute Gasteiger partial charge is 0.340 e. The summed E-state index contributed by atoms with van der Waals surface area (Å²) in [4.78, 5) is 18.9. The molecule has 3 rings (SSSR count). The normalized spacial score (nSPS) is 10.8. The van der Waals surface area contributed by atoms with Gasteiger partial charge in [-0.15, -0.1) is 0 Å². The van der Waals surface area contributed by atoms with E-state index in [0.717, 1.165) is 17.7 Å². The minimum Gasteiger partial charge on any atom is -0.340 e. The first-order valence-electron chi connectivity index (χ1n) is 8.97. The minimum absolute atomic E-state index is 0.0210. The molecule has 6 heteroatoms. The Bertz CT molecular complexity index is 944. The van der Waals surface area contributed by atoms with E-state index in [4.69, 9.17) is 0 Å². The Labute approximate surface area is 162 Å². The van der Waals surface area contributed by atoms with Gasteiger partial charge in [-0.05, 0) is 43.7 Å². The minimum atomic E-state index is -0.940. The van der Waals surface area contributed by atoms with Crippen molar-refractivity contribution in [1.29, 1.82) is 0 Å². The topological polar surface area (TPSA) is 45.2 Å². The van der Waals surface area contributed by atoms with Crippen molar-refractivity contribution in [3.63, 3.8) is 0 Å². The van der Waals surface area contributed by atoms with Gasteiger partial charge in [-0.2, -0.15) is 0 Å². The maximum absolute atomic E-state index is 13.3. The Morgan fingerprint density at radius 1 is 1.04 bits per heavy atom. The highest BCUT2D eigenvalue weighted by Gasteiger charge is 2.19. The summed E-state index contributed by atoms with van der Waals surface area (Å²) in [5.41, 5.74) is 1.88. The summed E-state index contributed by atoms with van der Waals surface area (Å²) in [6.45, 7) is 4.44. The van der Waals surface area contributed by atoms with E-state index in [-0.39, 0.29) is 11.9 Å². The molecular weight excluding hydrogens is 360 g/mol. The van der Waals surface area contributed by atoms with E-state index in [9.17, 15) is 13.6 Å². The van der Waals surface area contributed by atoms with Crippen LogP contribution < -0.4 is 5.32 Å². The van der Waals surface area contributed by atoms with Crippen LogP contribution >= 0.6 is 0 Å². The average Bonchev–Trinajstić information content (AvgIpc) is 2.69. The molecule has 0 spiro atoms. The van der Waals surface area contributed by atoms with E-state index in [1.54, 1.807) is 17.0 Å². The fourth-order valence-corrected chi connectivity index (χ4v) is 2.75. The summed E-state index contributed by atoms with van der Waals surface area (Å²) in [6, 6.07) is 16.6. The Kier molecular flexibility index (Phi) is 5.99. The van der Waals surface area contributed by atoms with Gasteiger partial charge in [0.05, 0.1) is 5.56 Å². The second-order valence-electron chi connectivity index (χ2n) is 6.70. The van der Waals surface area contributed by atoms with Crippen LogP contribution in [0.25, 0.3) is 0 Å². The van der Waals surface area contributed by atoms with E-state index < -0.39 is 11.6 Å². The lowest BCUT2D eigenvalue weighted by Gasteiger charge is -2.27. The summed E-state index contributed by atoms with van der Waals surface area (Å²) in [7, 11) is 0. The second-order valence-corrected chi connectivity index (χ2v) is 6.70. The van der Waals surface area contributed by atoms with Crippen LogP contribution in [0.15, 0.2) is 66.9 Å². The lowest BCUT2D eigenvalue weighted by Crippen LogP contribution is -2.36. The molecule has 0 aliphatic heterocycles. The quantitative estimate of drug-likeness (QED) is 0.642. The molecule has 0 fully saturated rings. The Morgan fingerprint density at radius 3 is 2.39 bits per heavy atom. The number of hydrogen-bond donors (Lipinski definition) is 1. The molecule has 0 atom stereocenters. The molecule has 1 aromatic heterocycles. The monoisotopic (exact) mass is 381 g/mol. The van der Waals surface area contributed by atoms with Gasteiger partial charge in [-0.1, -0.05) is 30.3 Å². The van der Waals surface area contributed by atoms with Crippen LogP contribution in [0.4, 0.5) is 20.3 Å². The lowest BCUT2D eigenvalue weighted by molar-refractivity contribution is 0.0690. The summed E-state index contributed by atoms with van der Waals surface area (Å²) < 4.78 is 26.3. The van der Waals surface area contributed by atoms with E-state index in [0.29, 0.717) is 23.6 Å². The number of amides is 1. The first-order chi connectivity index (χ1) is 13.4. The molecule has 1 heterocycles. The van der Waals surface area contributed by atoms with Crippen molar-refractivity contribution in [3.05, 3.63) is 89.6 Å². The predicted molar refractivity (Wildman–Crippen MR) is 105 cm³/mol. The molecule has 0 unspecified atom stereocenters. The third-order valence-electron chi connectivity index (χ3n) is 4.28. The third-order valence-corrected chi connectivity index (χ3v) is 4.28. The van der Waals surface area contributed by atoms with Gasteiger partial charge < -0.3 is 10.2 Å². The highest BCUT2D eigenvalue weighted by Crippen LogP contribution is 2.19. The standard InChI is InChI=1S/C22H21F2N3O/c1-15(2)27(14-16-6-4-3-5-7-16)22(28)17-8-11-21(25-13-17)26-18-9-10-19(23)20(24)12-18/h3-13,15H,14H2,1-2H3,(H,25,26). The molecule has 1 amide bonds. The lowest BCUT2D eigenvalue weighted by atomic mass is 10.1. The highest BCUT2D eigenvalue weighted by atomic mass is 19.2. The van der Waals surface area contributed by atoms with Crippen molar-refractivity contribution in [1.82, 2.24) is 9.88 Å². The van der Waals surface area contributed by atoms with Crippen LogP contribution in [0.3, 0.4) is 0 Å². The van der Waals surface area contributed by atoms with E-state index in [1.807, 2.05) is 44.2 Å². The van der Waals surface area contributed by atoms with E-state index in [2.05, 4.69) is 10.3 Å². The first-order valence-corrected chi connectivity index (χ1v) is 8.97. The molecular formula is C22H21F2N3O. The van der Waals surface area contributed by atoms with Crippen LogP contribution in [0, 0.1) is 11.6 Å². The number of pyridine rings is 1. The van der Waals surface area contributed by atoms with Gasteiger partial charge in [0.1, 0.15) is 5.82 Å². The molecule has 0 aliphatic carbocycles. The molecule has 0 saturated carbocycles. The zero-order valence-electron chi connectivity index (χ0n) is 15.7. The van der Waals surface area contributed by atoms with Crippen LogP contribution in [-0.4, -0.2) is 21.8 Å². The Balaban J connectivity index is 1.73.